The number of benzene rings is 2. The van der Waals surface area contributed by atoms with Crippen LogP contribution in [0.1, 0.15) is 38.8 Å². The number of fused-ring (bicyclic) bond motifs is 1. The number of rotatable bonds is 2. The van der Waals surface area contributed by atoms with Crippen molar-refractivity contribution in [3.8, 4) is 28.1 Å². The summed E-state index contributed by atoms with van der Waals surface area (Å²) >= 11 is 0. The molecule has 0 saturated heterocycles. The normalized spacial score (nSPS) is 16.7. The molecule has 3 aromatic rings. The molecule has 0 N–H and O–H groups in total. The van der Waals surface area contributed by atoms with Crippen LogP contribution in [-0.2, 0) is 12.5 Å². The SMILES string of the molecule is Cc1ccc2c(c1-c1cc(-c3ccccc3)cc[n+]1C)OC(C)(C)C2(C)C. The summed E-state index contributed by atoms with van der Waals surface area (Å²) in [5.41, 5.74) is 7.07. The molecule has 1 aliphatic heterocycles. The van der Waals surface area contributed by atoms with Gasteiger partial charge in [-0.05, 0) is 37.5 Å². The van der Waals surface area contributed by atoms with Crippen LogP contribution in [0.15, 0.2) is 60.8 Å². The van der Waals surface area contributed by atoms with Gasteiger partial charge in [0.15, 0.2) is 6.20 Å². The van der Waals surface area contributed by atoms with Gasteiger partial charge >= 0.3 is 0 Å². The van der Waals surface area contributed by atoms with Crippen LogP contribution < -0.4 is 9.30 Å². The Morgan fingerprint density at radius 3 is 2.26 bits per heavy atom. The Labute approximate surface area is 162 Å². The van der Waals surface area contributed by atoms with E-state index in [1.165, 1.54) is 33.5 Å². The largest absolute Gasteiger partial charge is 0.486 e. The van der Waals surface area contributed by atoms with Crippen molar-refractivity contribution in [2.45, 2.75) is 45.6 Å². The quantitative estimate of drug-likeness (QED) is 0.543. The van der Waals surface area contributed by atoms with Crippen molar-refractivity contribution in [1.29, 1.82) is 0 Å². The van der Waals surface area contributed by atoms with Gasteiger partial charge in [-0.1, -0.05) is 56.3 Å². The molecule has 0 aliphatic carbocycles. The average molecular weight is 359 g/mol. The first-order valence-electron chi connectivity index (χ1n) is 9.61. The highest BCUT2D eigenvalue weighted by Gasteiger charge is 2.49. The van der Waals surface area contributed by atoms with E-state index in [-0.39, 0.29) is 11.0 Å². The van der Waals surface area contributed by atoms with Crippen molar-refractivity contribution in [3.05, 3.63) is 71.9 Å². The maximum Gasteiger partial charge on any atom is 0.216 e. The summed E-state index contributed by atoms with van der Waals surface area (Å²) in [6, 6.07) is 19.5. The van der Waals surface area contributed by atoms with Crippen LogP contribution in [0.2, 0.25) is 0 Å². The number of aryl methyl sites for hydroxylation is 2. The maximum absolute atomic E-state index is 6.56. The number of hydrogen-bond acceptors (Lipinski definition) is 1. The van der Waals surface area contributed by atoms with Crippen molar-refractivity contribution in [2.75, 3.05) is 0 Å². The number of pyridine rings is 1. The van der Waals surface area contributed by atoms with Crippen molar-refractivity contribution in [2.24, 2.45) is 7.05 Å². The van der Waals surface area contributed by atoms with E-state index in [4.69, 9.17) is 4.74 Å². The van der Waals surface area contributed by atoms with Gasteiger partial charge in [-0.25, -0.2) is 4.57 Å². The highest BCUT2D eigenvalue weighted by molar-refractivity contribution is 5.77. The minimum absolute atomic E-state index is 0.0413. The highest BCUT2D eigenvalue weighted by Crippen LogP contribution is 2.53. The van der Waals surface area contributed by atoms with Gasteiger partial charge in [0.05, 0.1) is 5.56 Å². The number of ether oxygens (including phenoxy) is 1. The Balaban J connectivity index is 1.95. The Morgan fingerprint density at radius 1 is 0.852 bits per heavy atom. The molecule has 0 amide bonds. The molecule has 1 aliphatic rings. The van der Waals surface area contributed by atoms with E-state index in [2.05, 4.69) is 107 Å². The van der Waals surface area contributed by atoms with Crippen LogP contribution in [0, 0.1) is 6.92 Å². The van der Waals surface area contributed by atoms with Crippen LogP contribution in [0.25, 0.3) is 22.4 Å². The molecular formula is C25H28NO+. The summed E-state index contributed by atoms with van der Waals surface area (Å²) in [4.78, 5) is 0. The van der Waals surface area contributed by atoms with E-state index in [1.807, 2.05) is 0 Å². The summed E-state index contributed by atoms with van der Waals surface area (Å²) in [6.45, 7) is 11.1. The van der Waals surface area contributed by atoms with Gasteiger partial charge in [0.2, 0.25) is 5.69 Å². The minimum atomic E-state index is -0.243. The van der Waals surface area contributed by atoms with E-state index in [9.17, 15) is 0 Å². The van der Waals surface area contributed by atoms with Gasteiger partial charge in [-0.3, -0.25) is 0 Å². The molecule has 0 atom stereocenters. The van der Waals surface area contributed by atoms with Gasteiger partial charge in [0, 0.05) is 23.1 Å². The Hall–Kier alpha value is -2.61. The van der Waals surface area contributed by atoms with Gasteiger partial charge in [0.25, 0.3) is 0 Å². The molecule has 0 saturated carbocycles. The predicted octanol–water partition coefficient (Wildman–Crippen LogP) is 5.60. The third-order valence-corrected chi connectivity index (χ3v) is 6.41. The van der Waals surface area contributed by atoms with Crippen molar-refractivity contribution >= 4 is 0 Å². The number of hydrogen-bond donors (Lipinski definition) is 0. The molecule has 0 spiro atoms. The predicted molar refractivity (Wildman–Crippen MR) is 111 cm³/mol. The molecule has 27 heavy (non-hydrogen) atoms. The van der Waals surface area contributed by atoms with Crippen LogP contribution in [0.4, 0.5) is 0 Å². The molecule has 4 rings (SSSR count). The van der Waals surface area contributed by atoms with E-state index < -0.39 is 0 Å². The van der Waals surface area contributed by atoms with Crippen molar-refractivity contribution in [1.82, 2.24) is 0 Å². The Bertz CT molecular complexity index is 1020. The van der Waals surface area contributed by atoms with Gasteiger partial charge in [-0.15, -0.1) is 0 Å². The zero-order valence-corrected chi connectivity index (χ0v) is 17.1. The van der Waals surface area contributed by atoms with Crippen LogP contribution in [0.3, 0.4) is 0 Å². The zero-order chi connectivity index (χ0) is 19.4. The fourth-order valence-electron chi connectivity index (χ4n) is 3.93. The molecule has 2 heterocycles. The average Bonchev–Trinajstić information content (AvgIpc) is 2.81. The summed E-state index contributed by atoms with van der Waals surface area (Å²) in [5.74, 6) is 1.03. The molecule has 2 nitrogen and oxygen atoms in total. The number of aromatic nitrogens is 1. The molecule has 0 radical (unpaired) electrons. The monoisotopic (exact) mass is 358 g/mol. The van der Waals surface area contributed by atoms with Crippen LogP contribution >= 0.6 is 0 Å². The lowest BCUT2D eigenvalue weighted by Crippen LogP contribution is -2.41. The van der Waals surface area contributed by atoms with Gasteiger partial charge in [0.1, 0.15) is 18.4 Å². The third-order valence-electron chi connectivity index (χ3n) is 6.41. The summed E-state index contributed by atoms with van der Waals surface area (Å²) in [6.07, 6.45) is 2.14. The first kappa shape index (κ1) is 17.8. The topological polar surface area (TPSA) is 13.1 Å². The van der Waals surface area contributed by atoms with Crippen LogP contribution in [0.5, 0.6) is 5.75 Å². The summed E-state index contributed by atoms with van der Waals surface area (Å²) < 4.78 is 8.75. The molecule has 0 unspecified atom stereocenters. The van der Waals surface area contributed by atoms with E-state index in [0.29, 0.717) is 0 Å². The second-order valence-electron chi connectivity index (χ2n) is 8.65. The standard InChI is InChI=1S/C25H28NO/c1-17-12-13-20-23(27-25(4,5)24(20,2)3)22(17)21-16-19(14-15-26(21)6)18-10-8-7-9-11-18/h7-16H,1-6H3/q+1. The molecule has 138 valence electrons. The number of nitrogens with zero attached hydrogens (tertiary/aromatic N) is 1. The van der Waals surface area contributed by atoms with E-state index in [1.54, 1.807) is 0 Å². The lowest BCUT2D eigenvalue weighted by atomic mass is 9.73. The molecule has 0 bridgehead atoms. The summed E-state index contributed by atoms with van der Waals surface area (Å²) in [7, 11) is 2.11. The van der Waals surface area contributed by atoms with Crippen molar-refractivity contribution < 1.29 is 9.30 Å². The van der Waals surface area contributed by atoms with E-state index in [0.717, 1.165) is 5.75 Å². The second-order valence-corrected chi connectivity index (χ2v) is 8.65. The van der Waals surface area contributed by atoms with Gasteiger partial charge in [-0.2, -0.15) is 0 Å². The lowest BCUT2D eigenvalue weighted by molar-refractivity contribution is -0.660. The molecule has 0 fully saturated rings. The summed E-state index contributed by atoms with van der Waals surface area (Å²) in [5, 5.41) is 0. The van der Waals surface area contributed by atoms with Crippen molar-refractivity contribution in [3.63, 3.8) is 0 Å². The smallest absolute Gasteiger partial charge is 0.216 e. The molecule has 2 heteroatoms. The van der Waals surface area contributed by atoms with Gasteiger partial charge < -0.3 is 4.74 Å². The minimum Gasteiger partial charge on any atom is -0.486 e. The highest BCUT2D eigenvalue weighted by atomic mass is 16.5. The fraction of sp³-hybridized carbons (Fsp3) is 0.320. The lowest BCUT2D eigenvalue weighted by Gasteiger charge is -2.33. The van der Waals surface area contributed by atoms with Crippen LogP contribution in [-0.4, -0.2) is 5.60 Å². The first-order valence-corrected chi connectivity index (χ1v) is 9.61. The Kier molecular flexibility index (Phi) is 3.92. The fourth-order valence-corrected chi connectivity index (χ4v) is 3.93. The molecule has 2 aromatic carbocycles. The Morgan fingerprint density at radius 2 is 1.56 bits per heavy atom. The van der Waals surface area contributed by atoms with E-state index >= 15 is 0 Å². The molecule has 1 aromatic heterocycles. The maximum atomic E-state index is 6.56. The molecular weight excluding hydrogens is 330 g/mol. The first-order chi connectivity index (χ1) is 12.7. The second kappa shape index (κ2) is 5.95. The zero-order valence-electron chi connectivity index (χ0n) is 17.1. The third kappa shape index (κ3) is 2.66.